The molecule has 1 N–H and O–H groups in total. The van der Waals surface area contributed by atoms with Crippen LogP contribution in [0, 0.1) is 0 Å². The van der Waals surface area contributed by atoms with Gasteiger partial charge in [0.15, 0.2) is 5.95 Å². The number of ether oxygens (including phenoxy) is 2. The van der Waals surface area contributed by atoms with Gasteiger partial charge in [-0.2, -0.15) is 0 Å². The monoisotopic (exact) mass is 517 g/mol. The molecule has 0 radical (unpaired) electrons. The Bertz CT molecular complexity index is 1190. The van der Waals surface area contributed by atoms with E-state index in [1.54, 1.807) is 31.4 Å². The lowest BCUT2D eigenvalue weighted by Crippen LogP contribution is -2.34. The highest BCUT2D eigenvalue weighted by Crippen LogP contribution is 2.37. The molecular weight excluding hydrogens is 490 g/mol. The Balaban J connectivity index is 1.43. The number of hydrogen-bond donors (Lipinski definition) is 1. The Morgan fingerprint density at radius 1 is 1.17 bits per heavy atom. The maximum absolute atomic E-state index is 12.8. The van der Waals surface area contributed by atoms with Crippen molar-refractivity contribution in [3.8, 4) is 17.4 Å². The summed E-state index contributed by atoms with van der Waals surface area (Å²) < 4.78 is 16.4. The maximum Gasteiger partial charge on any atom is 0.341 e. The smallest absolute Gasteiger partial charge is 0.341 e. The van der Waals surface area contributed by atoms with Crippen molar-refractivity contribution in [2.24, 2.45) is 0 Å². The fraction of sp³-hybridized carbons (Fsp3) is 0.417. The third kappa shape index (κ3) is 5.79. The van der Waals surface area contributed by atoms with Crippen molar-refractivity contribution in [1.29, 1.82) is 0 Å². The molecule has 35 heavy (non-hydrogen) atoms. The molecular formula is C24H27N3O6S2. The number of aromatic nitrogens is 2. The summed E-state index contributed by atoms with van der Waals surface area (Å²) in [5.41, 5.74) is 2.13. The first-order chi connectivity index (χ1) is 17.0. The number of hydrogen-bond acceptors (Lipinski definition) is 9. The molecule has 0 atom stereocenters. The van der Waals surface area contributed by atoms with Crippen LogP contribution in [0.15, 0.2) is 33.8 Å². The van der Waals surface area contributed by atoms with Crippen molar-refractivity contribution in [3.63, 3.8) is 0 Å². The molecule has 11 heteroatoms. The summed E-state index contributed by atoms with van der Waals surface area (Å²) in [4.78, 5) is 26.4. The lowest BCUT2D eigenvalue weighted by molar-refractivity contribution is -0.705. The first-order valence-electron chi connectivity index (χ1n) is 11.4. The Morgan fingerprint density at radius 3 is 2.63 bits per heavy atom. The summed E-state index contributed by atoms with van der Waals surface area (Å²) in [5, 5.41) is 19.7. The van der Waals surface area contributed by atoms with Gasteiger partial charge in [0.2, 0.25) is 11.6 Å². The fourth-order valence-electron chi connectivity index (χ4n) is 4.00. The molecule has 0 saturated carbocycles. The summed E-state index contributed by atoms with van der Waals surface area (Å²) in [7, 11) is 2.93. The van der Waals surface area contributed by atoms with E-state index in [2.05, 4.69) is 10.6 Å². The van der Waals surface area contributed by atoms with Crippen LogP contribution < -0.4 is 19.8 Å². The number of nitrogens with one attached hydrogen (secondary N) is 1. The quantitative estimate of drug-likeness (QED) is 0.273. The summed E-state index contributed by atoms with van der Waals surface area (Å²) in [6.07, 6.45) is 6.25. The molecule has 2 aromatic heterocycles. The molecule has 186 valence electrons. The molecule has 0 spiro atoms. The normalized spacial score (nSPS) is 13.4. The molecule has 0 fully saturated rings. The maximum atomic E-state index is 12.8. The molecule has 0 bridgehead atoms. The molecule has 3 aromatic rings. The number of methoxy groups -OCH3 is 2. The van der Waals surface area contributed by atoms with Gasteiger partial charge < -0.3 is 24.4 Å². The molecule has 0 unspecified atom stereocenters. The number of rotatable bonds is 8. The molecule has 4 rings (SSSR count). The minimum Gasteiger partial charge on any atom is -0.538 e. The van der Waals surface area contributed by atoms with Gasteiger partial charge in [-0.25, -0.2) is 4.79 Å². The highest BCUT2D eigenvalue weighted by molar-refractivity contribution is 7.99. The first kappa shape index (κ1) is 25.1. The van der Waals surface area contributed by atoms with Crippen LogP contribution in [0.1, 0.15) is 52.9 Å². The van der Waals surface area contributed by atoms with E-state index < -0.39 is 11.9 Å². The van der Waals surface area contributed by atoms with Gasteiger partial charge in [0.1, 0.15) is 10.8 Å². The summed E-state index contributed by atoms with van der Waals surface area (Å²) in [6, 6.07) is 7.03. The van der Waals surface area contributed by atoms with Gasteiger partial charge in [-0.3, -0.25) is 4.79 Å². The minimum atomic E-state index is -0.572. The SMILES string of the molecule is COC(=O)c1c(NC(=O)CCSc2c([O-])on[n+]2-c2ccc(OC)cc2)sc2c1CCCCCC2. The zero-order chi connectivity index (χ0) is 24.8. The van der Waals surface area contributed by atoms with Crippen molar-refractivity contribution in [2.45, 2.75) is 50.0 Å². The largest absolute Gasteiger partial charge is 0.538 e. The number of benzene rings is 1. The highest BCUT2D eigenvalue weighted by Gasteiger charge is 2.26. The molecule has 1 amide bonds. The van der Waals surface area contributed by atoms with Crippen LogP contribution in [-0.4, -0.2) is 37.1 Å². The van der Waals surface area contributed by atoms with E-state index in [-0.39, 0.29) is 17.4 Å². The summed E-state index contributed by atoms with van der Waals surface area (Å²) in [6.45, 7) is 0. The van der Waals surface area contributed by atoms with E-state index in [0.29, 0.717) is 27.8 Å². The van der Waals surface area contributed by atoms with Gasteiger partial charge in [-0.05, 0) is 48.1 Å². The third-order valence-corrected chi connectivity index (χ3v) is 8.00. The van der Waals surface area contributed by atoms with Crippen molar-refractivity contribution in [1.82, 2.24) is 5.27 Å². The van der Waals surface area contributed by atoms with Gasteiger partial charge in [0, 0.05) is 29.2 Å². The first-order valence-corrected chi connectivity index (χ1v) is 13.2. The van der Waals surface area contributed by atoms with Crippen LogP contribution in [0.2, 0.25) is 0 Å². The third-order valence-electron chi connectivity index (χ3n) is 5.77. The van der Waals surface area contributed by atoms with Gasteiger partial charge in [0.05, 0.1) is 25.1 Å². The van der Waals surface area contributed by atoms with Crippen molar-refractivity contribution in [2.75, 3.05) is 25.3 Å². The van der Waals surface area contributed by atoms with Crippen molar-refractivity contribution < 1.29 is 33.4 Å². The standard InChI is InChI=1S/C24H27N3O6S2/c1-31-16-11-9-15(10-12-16)27-22(24(30)33-26-27)34-14-13-19(28)25-21-20(23(29)32-2)17-7-5-3-4-6-8-18(17)35-21/h9-12H,3-8,13-14H2,1-2H3,(H-,25,26,28,29,30). The number of fused-ring (bicyclic) bond motifs is 1. The van der Waals surface area contributed by atoms with Crippen molar-refractivity contribution in [3.05, 3.63) is 40.3 Å². The average molecular weight is 518 g/mol. The summed E-state index contributed by atoms with van der Waals surface area (Å²) >= 11 is 2.65. The molecule has 1 aromatic carbocycles. The molecule has 9 nitrogen and oxygen atoms in total. The Morgan fingerprint density at radius 2 is 1.91 bits per heavy atom. The highest BCUT2D eigenvalue weighted by atomic mass is 32.2. The van der Waals surface area contributed by atoms with Gasteiger partial charge in [0.25, 0.3) is 5.03 Å². The van der Waals surface area contributed by atoms with Crippen LogP contribution in [-0.2, 0) is 22.4 Å². The zero-order valence-corrected chi connectivity index (χ0v) is 21.3. The molecule has 0 aliphatic heterocycles. The number of carbonyl (C=O) groups is 2. The Kier molecular flexibility index (Phi) is 8.29. The number of esters is 1. The van der Waals surface area contributed by atoms with E-state index in [9.17, 15) is 14.7 Å². The predicted molar refractivity (Wildman–Crippen MR) is 130 cm³/mol. The average Bonchev–Trinajstić information content (AvgIpc) is 3.38. The van der Waals surface area contributed by atoms with Crippen molar-refractivity contribution >= 4 is 40.0 Å². The number of nitrogens with zero attached hydrogens (tertiary/aromatic N) is 2. The Labute approximate surface area is 211 Å². The van der Waals surface area contributed by atoms with Crippen LogP contribution >= 0.6 is 23.1 Å². The Hall–Kier alpha value is -3.05. The number of thiophene rings is 1. The molecule has 1 aliphatic rings. The zero-order valence-electron chi connectivity index (χ0n) is 19.6. The van der Waals surface area contributed by atoms with E-state index >= 15 is 0 Å². The molecule has 0 saturated heterocycles. The predicted octanol–water partition coefficient (Wildman–Crippen LogP) is 3.66. The molecule has 1 aliphatic carbocycles. The summed E-state index contributed by atoms with van der Waals surface area (Å²) in [5.74, 6) is -0.224. The van der Waals surface area contributed by atoms with Crippen LogP contribution in [0.25, 0.3) is 5.69 Å². The van der Waals surface area contributed by atoms with E-state index in [1.165, 1.54) is 41.3 Å². The lowest BCUT2D eigenvalue weighted by atomic mass is 9.96. The van der Waals surface area contributed by atoms with Gasteiger partial charge >= 0.3 is 5.97 Å². The van der Waals surface area contributed by atoms with Crippen LogP contribution in [0.5, 0.6) is 11.7 Å². The fourth-order valence-corrected chi connectivity index (χ4v) is 6.19. The second-order valence-electron chi connectivity index (χ2n) is 8.04. The second kappa shape index (κ2) is 11.6. The van der Waals surface area contributed by atoms with Gasteiger partial charge in [-0.15, -0.1) is 11.3 Å². The second-order valence-corrected chi connectivity index (χ2v) is 10.2. The number of amides is 1. The van der Waals surface area contributed by atoms with Crippen LogP contribution in [0.3, 0.4) is 0 Å². The number of thioether (sulfide) groups is 1. The lowest BCUT2D eigenvalue weighted by Gasteiger charge is -2.11. The van der Waals surface area contributed by atoms with Gasteiger partial charge in [-0.1, -0.05) is 24.6 Å². The topological polar surface area (TPSA) is 118 Å². The van der Waals surface area contributed by atoms with E-state index in [4.69, 9.17) is 14.0 Å². The van der Waals surface area contributed by atoms with Crippen LogP contribution in [0.4, 0.5) is 5.00 Å². The number of anilines is 1. The number of aryl methyl sites for hydroxylation is 1. The van der Waals surface area contributed by atoms with E-state index in [0.717, 1.165) is 42.5 Å². The molecule has 2 heterocycles. The minimum absolute atomic E-state index is 0.140. The number of carbonyl (C=O) groups excluding carboxylic acids is 2. The van der Waals surface area contributed by atoms with E-state index in [1.807, 2.05) is 0 Å².